The van der Waals surface area contributed by atoms with E-state index in [0.717, 1.165) is 12.8 Å². The standard InChI is InChI=1S/C17H23NO2.ClH/c1-12-10-16(2)7-8-17(11-12,18(16)3)14-6-4-5-13(9-14)15(19)20;/h4-6,9,12H,7-8,10-11H2,1-3H3,(H,19,20);1H. The van der Waals surface area contributed by atoms with Gasteiger partial charge in [-0.15, -0.1) is 12.4 Å². The van der Waals surface area contributed by atoms with Crippen LogP contribution in [-0.4, -0.2) is 28.6 Å². The first-order valence-corrected chi connectivity index (χ1v) is 7.45. The molecule has 0 radical (unpaired) electrons. The predicted molar refractivity (Wildman–Crippen MR) is 86.1 cm³/mol. The van der Waals surface area contributed by atoms with Crippen molar-refractivity contribution in [2.24, 2.45) is 5.92 Å². The average molecular weight is 310 g/mol. The summed E-state index contributed by atoms with van der Waals surface area (Å²) in [5.74, 6) is -0.150. The van der Waals surface area contributed by atoms with E-state index in [1.54, 1.807) is 6.07 Å². The quantitative estimate of drug-likeness (QED) is 0.900. The molecule has 2 aliphatic rings. The minimum Gasteiger partial charge on any atom is -0.478 e. The highest BCUT2D eigenvalue weighted by atomic mass is 35.5. The molecule has 2 aliphatic heterocycles. The summed E-state index contributed by atoms with van der Waals surface area (Å²) in [6.45, 7) is 4.68. The third kappa shape index (κ3) is 2.36. The number of halogens is 1. The number of aromatic carboxylic acids is 1. The van der Waals surface area contributed by atoms with Gasteiger partial charge in [0.05, 0.1) is 5.56 Å². The number of carboxylic acid groups (broad SMARTS) is 1. The first-order chi connectivity index (χ1) is 9.37. The van der Waals surface area contributed by atoms with Crippen LogP contribution in [0.2, 0.25) is 0 Å². The van der Waals surface area contributed by atoms with E-state index in [4.69, 9.17) is 0 Å². The van der Waals surface area contributed by atoms with Crippen molar-refractivity contribution in [2.75, 3.05) is 7.05 Å². The van der Waals surface area contributed by atoms with E-state index >= 15 is 0 Å². The third-order valence-corrected chi connectivity index (χ3v) is 5.65. The Morgan fingerprint density at radius 1 is 1.33 bits per heavy atom. The summed E-state index contributed by atoms with van der Waals surface area (Å²) in [4.78, 5) is 13.7. The van der Waals surface area contributed by atoms with Gasteiger partial charge >= 0.3 is 5.97 Å². The topological polar surface area (TPSA) is 40.5 Å². The maximum absolute atomic E-state index is 11.2. The van der Waals surface area contributed by atoms with Gasteiger partial charge in [-0.2, -0.15) is 0 Å². The van der Waals surface area contributed by atoms with Crippen molar-refractivity contribution in [1.82, 2.24) is 4.90 Å². The molecule has 1 aromatic rings. The lowest BCUT2D eigenvalue weighted by Gasteiger charge is -2.50. The van der Waals surface area contributed by atoms with Gasteiger partial charge in [0.2, 0.25) is 0 Å². The SMILES string of the molecule is CC1CC2(C)CCC(c3cccc(C(=O)O)c3)(C1)N2C.Cl. The smallest absolute Gasteiger partial charge is 0.335 e. The van der Waals surface area contributed by atoms with Crippen molar-refractivity contribution in [3.05, 3.63) is 35.4 Å². The Bertz CT molecular complexity index is 561. The molecule has 0 spiro atoms. The fourth-order valence-corrected chi connectivity index (χ4v) is 4.60. The number of benzene rings is 1. The largest absolute Gasteiger partial charge is 0.478 e. The van der Waals surface area contributed by atoms with E-state index in [9.17, 15) is 9.90 Å². The van der Waals surface area contributed by atoms with Crippen LogP contribution in [0.5, 0.6) is 0 Å². The summed E-state index contributed by atoms with van der Waals surface area (Å²) in [6.07, 6.45) is 4.70. The van der Waals surface area contributed by atoms with Gasteiger partial charge in [0.1, 0.15) is 0 Å². The molecule has 21 heavy (non-hydrogen) atoms. The van der Waals surface area contributed by atoms with Crippen LogP contribution in [0.25, 0.3) is 0 Å². The number of piperidine rings is 1. The Balaban J connectivity index is 0.00000161. The summed E-state index contributed by atoms with van der Waals surface area (Å²) < 4.78 is 0. The van der Waals surface area contributed by atoms with Gasteiger partial charge in [-0.05, 0) is 63.3 Å². The van der Waals surface area contributed by atoms with Crippen LogP contribution in [0.4, 0.5) is 0 Å². The van der Waals surface area contributed by atoms with E-state index in [1.165, 1.54) is 18.4 Å². The molecule has 2 fully saturated rings. The van der Waals surface area contributed by atoms with Crippen molar-refractivity contribution in [3.63, 3.8) is 0 Å². The van der Waals surface area contributed by atoms with E-state index in [1.807, 2.05) is 12.1 Å². The van der Waals surface area contributed by atoms with Crippen LogP contribution in [0.3, 0.4) is 0 Å². The Kier molecular flexibility index (Phi) is 4.11. The molecule has 116 valence electrons. The second kappa shape index (κ2) is 5.29. The minimum absolute atomic E-state index is 0. The van der Waals surface area contributed by atoms with Gasteiger partial charge < -0.3 is 5.11 Å². The van der Waals surface area contributed by atoms with Gasteiger partial charge in [-0.3, -0.25) is 4.90 Å². The van der Waals surface area contributed by atoms with Gasteiger partial charge in [-0.25, -0.2) is 4.79 Å². The maximum atomic E-state index is 11.2. The molecule has 0 aromatic heterocycles. The second-order valence-corrected chi connectivity index (χ2v) is 6.99. The van der Waals surface area contributed by atoms with E-state index < -0.39 is 5.97 Å². The number of carboxylic acids is 1. The summed E-state index contributed by atoms with van der Waals surface area (Å²) in [6, 6.07) is 7.55. The minimum atomic E-state index is -0.837. The van der Waals surface area contributed by atoms with Crippen LogP contribution in [0, 0.1) is 5.92 Å². The van der Waals surface area contributed by atoms with Gasteiger partial charge in [-0.1, -0.05) is 19.1 Å². The Hall–Kier alpha value is -1.06. The lowest BCUT2D eigenvalue weighted by atomic mass is 9.75. The molecule has 2 heterocycles. The lowest BCUT2D eigenvalue weighted by molar-refractivity contribution is -0.00145. The number of rotatable bonds is 2. The van der Waals surface area contributed by atoms with Crippen LogP contribution >= 0.6 is 12.4 Å². The van der Waals surface area contributed by atoms with Crippen molar-refractivity contribution >= 4 is 18.4 Å². The molecule has 1 aromatic carbocycles. The van der Waals surface area contributed by atoms with Crippen LogP contribution in [0.15, 0.2) is 24.3 Å². The summed E-state index contributed by atoms with van der Waals surface area (Å²) in [5, 5.41) is 9.23. The zero-order valence-corrected chi connectivity index (χ0v) is 13.7. The molecular formula is C17H24ClNO2. The first kappa shape index (κ1) is 16.3. The fraction of sp³-hybridized carbons (Fsp3) is 0.588. The molecule has 4 heteroatoms. The van der Waals surface area contributed by atoms with Crippen LogP contribution < -0.4 is 0 Å². The highest BCUT2D eigenvalue weighted by Gasteiger charge is 2.55. The normalized spacial score (nSPS) is 35.3. The number of fused-ring (bicyclic) bond motifs is 2. The average Bonchev–Trinajstić information content (AvgIpc) is 2.57. The van der Waals surface area contributed by atoms with Crippen molar-refractivity contribution in [3.8, 4) is 0 Å². The number of hydrogen-bond donors (Lipinski definition) is 1. The van der Waals surface area contributed by atoms with Crippen molar-refractivity contribution in [1.29, 1.82) is 0 Å². The fourth-order valence-electron chi connectivity index (χ4n) is 4.60. The Morgan fingerprint density at radius 2 is 2.05 bits per heavy atom. The van der Waals surface area contributed by atoms with Crippen LogP contribution in [-0.2, 0) is 5.54 Å². The van der Waals surface area contributed by atoms with E-state index in [2.05, 4.69) is 31.9 Å². The molecule has 3 nitrogen and oxygen atoms in total. The first-order valence-electron chi connectivity index (χ1n) is 7.45. The second-order valence-electron chi connectivity index (χ2n) is 6.99. The highest BCUT2D eigenvalue weighted by molar-refractivity contribution is 5.87. The monoisotopic (exact) mass is 309 g/mol. The lowest BCUT2D eigenvalue weighted by Crippen LogP contribution is -2.53. The van der Waals surface area contributed by atoms with E-state index in [0.29, 0.717) is 11.5 Å². The molecule has 3 rings (SSSR count). The molecule has 3 atom stereocenters. The number of nitrogens with zero attached hydrogens (tertiary/aromatic N) is 1. The van der Waals surface area contributed by atoms with E-state index in [-0.39, 0.29) is 23.5 Å². The Labute approximate surface area is 132 Å². The zero-order chi connectivity index (χ0) is 14.5. The van der Waals surface area contributed by atoms with Crippen LogP contribution in [0.1, 0.15) is 55.5 Å². The molecule has 0 saturated carbocycles. The summed E-state index contributed by atoms with van der Waals surface area (Å²) in [7, 11) is 2.21. The van der Waals surface area contributed by atoms with Crippen molar-refractivity contribution in [2.45, 2.75) is 50.6 Å². The molecular weight excluding hydrogens is 286 g/mol. The zero-order valence-electron chi connectivity index (χ0n) is 12.9. The molecule has 0 amide bonds. The molecule has 2 bridgehead atoms. The van der Waals surface area contributed by atoms with Crippen molar-refractivity contribution < 1.29 is 9.90 Å². The molecule has 2 saturated heterocycles. The number of carbonyl (C=O) groups is 1. The predicted octanol–water partition coefficient (Wildman–Crippen LogP) is 3.92. The highest BCUT2D eigenvalue weighted by Crippen LogP contribution is 2.56. The van der Waals surface area contributed by atoms with Gasteiger partial charge in [0, 0.05) is 11.1 Å². The summed E-state index contributed by atoms with van der Waals surface area (Å²) >= 11 is 0. The third-order valence-electron chi connectivity index (χ3n) is 5.65. The molecule has 0 aliphatic carbocycles. The molecule has 1 N–H and O–H groups in total. The van der Waals surface area contributed by atoms with Gasteiger partial charge in [0.25, 0.3) is 0 Å². The maximum Gasteiger partial charge on any atom is 0.335 e. The summed E-state index contributed by atoms with van der Waals surface area (Å²) in [5.41, 5.74) is 1.86. The Morgan fingerprint density at radius 3 is 2.71 bits per heavy atom. The number of hydrogen-bond acceptors (Lipinski definition) is 2. The van der Waals surface area contributed by atoms with Gasteiger partial charge in [0.15, 0.2) is 0 Å². The molecule has 3 unspecified atom stereocenters.